The van der Waals surface area contributed by atoms with Crippen molar-refractivity contribution < 1.29 is 28.6 Å². The minimum absolute atomic E-state index is 0.0950. The number of carbonyl (C=O) groups is 3. The van der Waals surface area contributed by atoms with E-state index in [1.165, 1.54) is 103 Å². The van der Waals surface area contributed by atoms with Crippen molar-refractivity contribution >= 4 is 17.9 Å². The fourth-order valence-electron chi connectivity index (χ4n) is 6.88. The largest absolute Gasteiger partial charge is 0.462 e. The lowest BCUT2D eigenvalue weighted by Gasteiger charge is -2.18. The van der Waals surface area contributed by atoms with Crippen LogP contribution in [-0.4, -0.2) is 37.2 Å². The van der Waals surface area contributed by atoms with Crippen molar-refractivity contribution in [1.29, 1.82) is 0 Å². The molecular weight excluding hydrogens is 757 g/mol. The molecule has 0 radical (unpaired) electrons. The molecular formula is C55H94O6. The van der Waals surface area contributed by atoms with Crippen molar-refractivity contribution in [3.05, 3.63) is 72.9 Å². The van der Waals surface area contributed by atoms with Crippen LogP contribution in [0.15, 0.2) is 72.9 Å². The van der Waals surface area contributed by atoms with Crippen LogP contribution in [-0.2, 0) is 28.6 Å². The van der Waals surface area contributed by atoms with Gasteiger partial charge in [-0.1, -0.05) is 209 Å². The SMILES string of the molecule is CC\C=C/C=C\C=C/CCCCCCCC(=O)OC(COC(=O)CCCCC/C=C\C=C/CCCC)COC(=O)CCCCCCCCC/C=C\CCCCCCCCCC. The maximum Gasteiger partial charge on any atom is 0.306 e. The molecule has 350 valence electrons. The summed E-state index contributed by atoms with van der Waals surface area (Å²) in [5.74, 6) is -0.950. The normalized spacial score (nSPS) is 12.6. The van der Waals surface area contributed by atoms with Crippen LogP contribution >= 0.6 is 0 Å². The van der Waals surface area contributed by atoms with Gasteiger partial charge in [-0.2, -0.15) is 0 Å². The van der Waals surface area contributed by atoms with E-state index in [4.69, 9.17) is 14.2 Å². The molecule has 0 aliphatic rings. The zero-order valence-electron chi connectivity index (χ0n) is 39.9. The van der Waals surface area contributed by atoms with Gasteiger partial charge in [-0.05, 0) is 83.5 Å². The quantitative estimate of drug-likeness (QED) is 0.0200. The molecule has 0 N–H and O–H groups in total. The molecule has 1 unspecified atom stereocenters. The lowest BCUT2D eigenvalue weighted by atomic mass is 10.1. The molecule has 6 nitrogen and oxygen atoms in total. The Labute approximate surface area is 376 Å². The van der Waals surface area contributed by atoms with Gasteiger partial charge in [0.05, 0.1) is 0 Å². The Kier molecular flexibility index (Phi) is 46.9. The fraction of sp³-hybridized carbons (Fsp3) is 0.727. The first-order valence-electron chi connectivity index (χ1n) is 25.5. The van der Waals surface area contributed by atoms with Crippen molar-refractivity contribution in [2.45, 2.75) is 245 Å². The van der Waals surface area contributed by atoms with Crippen LogP contribution in [0.2, 0.25) is 0 Å². The highest BCUT2D eigenvalue weighted by atomic mass is 16.6. The van der Waals surface area contributed by atoms with Crippen LogP contribution < -0.4 is 0 Å². The number of unbranched alkanes of at least 4 members (excludes halogenated alkanes) is 25. The Morgan fingerprint density at radius 2 is 0.672 bits per heavy atom. The topological polar surface area (TPSA) is 78.9 Å². The predicted octanol–water partition coefficient (Wildman–Crippen LogP) is 16.6. The summed E-state index contributed by atoms with van der Waals surface area (Å²) < 4.78 is 16.7. The standard InChI is InChI=1S/C55H94O6/c1-4-7-10-13-16-19-22-24-25-26-27-28-29-31-33-36-39-42-45-48-54(57)60-51-52(50-59-53(56)47-44-41-38-35-32-21-18-15-12-9-6-3)61-55(58)49-46-43-40-37-34-30-23-20-17-14-11-8-5-2/h8,11,14-15,17-18,20-21,23,26-27,32,52H,4-7,9-10,12-13,16,19,22,24-25,28-31,33-51H2,1-3H3/b11-8-,17-14-,18-15-,23-20-,27-26-,32-21-. The van der Waals surface area contributed by atoms with Gasteiger partial charge in [0.1, 0.15) is 13.2 Å². The summed E-state index contributed by atoms with van der Waals surface area (Å²) >= 11 is 0. The zero-order valence-corrected chi connectivity index (χ0v) is 39.9. The van der Waals surface area contributed by atoms with E-state index in [2.05, 4.69) is 93.7 Å². The summed E-state index contributed by atoms with van der Waals surface area (Å²) in [5.41, 5.74) is 0. The summed E-state index contributed by atoms with van der Waals surface area (Å²) in [4.78, 5) is 37.9. The molecule has 0 amide bonds. The highest BCUT2D eigenvalue weighted by molar-refractivity contribution is 5.71. The van der Waals surface area contributed by atoms with Crippen molar-refractivity contribution in [1.82, 2.24) is 0 Å². The van der Waals surface area contributed by atoms with Gasteiger partial charge in [-0.15, -0.1) is 0 Å². The lowest BCUT2D eigenvalue weighted by Crippen LogP contribution is -2.30. The first-order chi connectivity index (χ1) is 30.0. The first-order valence-corrected chi connectivity index (χ1v) is 25.5. The third kappa shape index (κ3) is 47.7. The van der Waals surface area contributed by atoms with Gasteiger partial charge in [0.25, 0.3) is 0 Å². The molecule has 0 spiro atoms. The van der Waals surface area contributed by atoms with Gasteiger partial charge < -0.3 is 14.2 Å². The first kappa shape index (κ1) is 57.9. The van der Waals surface area contributed by atoms with Gasteiger partial charge >= 0.3 is 17.9 Å². The van der Waals surface area contributed by atoms with Gasteiger partial charge in [-0.25, -0.2) is 0 Å². The molecule has 0 fully saturated rings. The molecule has 0 aromatic heterocycles. The Balaban J connectivity index is 4.38. The van der Waals surface area contributed by atoms with E-state index < -0.39 is 6.10 Å². The Morgan fingerprint density at radius 1 is 0.344 bits per heavy atom. The third-order valence-electron chi connectivity index (χ3n) is 10.8. The number of ether oxygens (including phenoxy) is 3. The third-order valence-corrected chi connectivity index (χ3v) is 10.8. The molecule has 1 atom stereocenters. The monoisotopic (exact) mass is 851 g/mol. The molecule has 0 rings (SSSR count). The average Bonchev–Trinajstić information content (AvgIpc) is 3.26. The smallest absolute Gasteiger partial charge is 0.306 e. The summed E-state index contributed by atoms with van der Waals surface area (Å²) in [5, 5.41) is 0. The van der Waals surface area contributed by atoms with Crippen molar-refractivity contribution in [2.75, 3.05) is 13.2 Å². The van der Waals surface area contributed by atoms with Crippen LogP contribution in [0.5, 0.6) is 0 Å². The fourth-order valence-corrected chi connectivity index (χ4v) is 6.88. The van der Waals surface area contributed by atoms with Crippen molar-refractivity contribution in [3.63, 3.8) is 0 Å². The predicted molar refractivity (Wildman–Crippen MR) is 261 cm³/mol. The lowest BCUT2D eigenvalue weighted by molar-refractivity contribution is -0.167. The Hall–Kier alpha value is -3.15. The molecule has 0 aromatic carbocycles. The number of esters is 3. The van der Waals surface area contributed by atoms with Crippen LogP contribution in [0.4, 0.5) is 0 Å². The molecule has 6 heteroatoms. The Bertz CT molecular complexity index is 1160. The number of hydrogen-bond donors (Lipinski definition) is 0. The number of rotatable bonds is 45. The molecule has 61 heavy (non-hydrogen) atoms. The minimum Gasteiger partial charge on any atom is -0.462 e. The molecule has 0 aromatic rings. The van der Waals surface area contributed by atoms with Crippen molar-refractivity contribution in [2.24, 2.45) is 0 Å². The summed E-state index contributed by atoms with van der Waals surface area (Å²) in [6.45, 7) is 6.40. The van der Waals surface area contributed by atoms with E-state index in [9.17, 15) is 14.4 Å². The summed E-state index contributed by atoms with van der Waals surface area (Å²) in [6.07, 6.45) is 61.8. The van der Waals surface area contributed by atoms with Gasteiger partial charge in [0.2, 0.25) is 0 Å². The molecule has 0 aliphatic heterocycles. The number of allylic oxidation sites excluding steroid dienone is 12. The summed E-state index contributed by atoms with van der Waals surface area (Å²) in [6, 6.07) is 0. The van der Waals surface area contributed by atoms with E-state index >= 15 is 0 Å². The summed E-state index contributed by atoms with van der Waals surface area (Å²) in [7, 11) is 0. The van der Waals surface area contributed by atoms with Gasteiger partial charge in [0.15, 0.2) is 6.10 Å². The number of hydrogen-bond acceptors (Lipinski definition) is 6. The van der Waals surface area contributed by atoms with E-state index in [1.807, 2.05) is 0 Å². The van der Waals surface area contributed by atoms with E-state index in [1.54, 1.807) is 0 Å². The van der Waals surface area contributed by atoms with Gasteiger partial charge in [-0.3, -0.25) is 14.4 Å². The maximum absolute atomic E-state index is 12.8. The van der Waals surface area contributed by atoms with Gasteiger partial charge in [0, 0.05) is 19.3 Å². The molecule has 0 saturated heterocycles. The Morgan fingerprint density at radius 3 is 1.11 bits per heavy atom. The maximum atomic E-state index is 12.8. The highest BCUT2D eigenvalue weighted by Crippen LogP contribution is 2.14. The second kappa shape index (κ2) is 49.5. The van der Waals surface area contributed by atoms with E-state index in [-0.39, 0.29) is 31.1 Å². The van der Waals surface area contributed by atoms with E-state index in [0.717, 1.165) is 96.3 Å². The van der Waals surface area contributed by atoms with Crippen LogP contribution in [0, 0.1) is 0 Å². The molecule has 0 bridgehead atoms. The minimum atomic E-state index is -0.797. The highest BCUT2D eigenvalue weighted by Gasteiger charge is 2.19. The van der Waals surface area contributed by atoms with Crippen LogP contribution in [0.25, 0.3) is 0 Å². The zero-order chi connectivity index (χ0) is 44.4. The van der Waals surface area contributed by atoms with E-state index in [0.29, 0.717) is 19.3 Å². The van der Waals surface area contributed by atoms with Crippen LogP contribution in [0.1, 0.15) is 239 Å². The average molecular weight is 851 g/mol. The molecule has 0 aliphatic carbocycles. The van der Waals surface area contributed by atoms with Crippen LogP contribution in [0.3, 0.4) is 0 Å². The number of carbonyl (C=O) groups excluding carboxylic acids is 3. The molecule has 0 heterocycles. The van der Waals surface area contributed by atoms with Crippen molar-refractivity contribution in [3.8, 4) is 0 Å². The molecule has 0 saturated carbocycles. The second-order valence-electron chi connectivity index (χ2n) is 16.8. The second-order valence-corrected chi connectivity index (χ2v) is 16.8.